The van der Waals surface area contributed by atoms with E-state index in [2.05, 4.69) is 5.32 Å². The van der Waals surface area contributed by atoms with Crippen LogP contribution in [0.15, 0.2) is 36.4 Å². The van der Waals surface area contributed by atoms with Crippen molar-refractivity contribution in [2.45, 2.75) is 39.4 Å². The van der Waals surface area contributed by atoms with E-state index in [0.29, 0.717) is 14.9 Å². The largest absolute Gasteiger partial charge is 0.495 e. The lowest BCUT2D eigenvalue weighted by molar-refractivity contribution is -0.384. The first-order valence-electron chi connectivity index (χ1n) is 11.0. The van der Waals surface area contributed by atoms with E-state index in [1.54, 1.807) is 26.0 Å². The number of carbonyl (C=O) groups is 2. The van der Waals surface area contributed by atoms with E-state index >= 15 is 0 Å². The zero-order chi connectivity index (χ0) is 28.1. The van der Waals surface area contributed by atoms with E-state index < -0.39 is 45.0 Å². The smallest absolute Gasteiger partial charge is 0.271 e. The lowest BCUT2D eigenvalue weighted by Crippen LogP contribution is -2.52. The molecule has 0 aliphatic carbocycles. The highest BCUT2D eigenvalue weighted by molar-refractivity contribution is 7.92. The van der Waals surface area contributed by atoms with Gasteiger partial charge in [0.1, 0.15) is 24.0 Å². The molecule has 2 aromatic carbocycles. The van der Waals surface area contributed by atoms with E-state index in [1.165, 1.54) is 31.1 Å². The molecular weight excluding hydrogens is 547 g/mol. The molecule has 0 saturated carbocycles. The first-order valence-corrected chi connectivity index (χ1v) is 13.6. The van der Waals surface area contributed by atoms with Crippen molar-refractivity contribution < 1.29 is 27.7 Å². The molecule has 2 rings (SSSR count). The third-order valence-corrected chi connectivity index (χ3v) is 6.99. The molecule has 202 valence electrons. The van der Waals surface area contributed by atoms with Gasteiger partial charge in [0.25, 0.3) is 5.69 Å². The first kappa shape index (κ1) is 30.1. The van der Waals surface area contributed by atoms with Crippen LogP contribution in [0.4, 0.5) is 11.4 Å². The Labute approximate surface area is 225 Å². The van der Waals surface area contributed by atoms with Crippen LogP contribution in [0.2, 0.25) is 10.0 Å². The molecule has 0 heterocycles. The van der Waals surface area contributed by atoms with Gasteiger partial charge in [0, 0.05) is 34.8 Å². The maximum absolute atomic E-state index is 13.6. The molecule has 0 spiro atoms. The van der Waals surface area contributed by atoms with E-state index in [-0.39, 0.29) is 29.0 Å². The fraction of sp³-hybridized carbons (Fsp3) is 0.391. The number of rotatable bonds is 11. The Morgan fingerprint density at radius 3 is 2.30 bits per heavy atom. The van der Waals surface area contributed by atoms with Crippen LogP contribution in [0.25, 0.3) is 0 Å². The second kappa shape index (κ2) is 12.4. The average Bonchev–Trinajstić information content (AvgIpc) is 2.79. The van der Waals surface area contributed by atoms with Crippen LogP contribution >= 0.6 is 23.2 Å². The molecule has 0 aliphatic rings. The van der Waals surface area contributed by atoms with Gasteiger partial charge in [-0.15, -0.1) is 0 Å². The van der Waals surface area contributed by atoms with Crippen LogP contribution in [-0.2, 0) is 26.2 Å². The normalized spacial score (nSPS) is 12.1. The minimum atomic E-state index is -4.13. The number of sulfonamides is 1. The number of nitro benzene ring substituents is 1. The Bertz CT molecular complexity index is 1290. The summed E-state index contributed by atoms with van der Waals surface area (Å²) in [5, 5.41) is 14.7. The highest BCUT2D eigenvalue weighted by Gasteiger charge is 2.32. The maximum Gasteiger partial charge on any atom is 0.271 e. The number of carbonyl (C=O) groups excluding carboxylic acids is 2. The summed E-state index contributed by atoms with van der Waals surface area (Å²) in [5.41, 5.74) is -0.120. The van der Waals surface area contributed by atoms with Crippen molar-refractivity contribution in [1.29, 1.82) is 0 Å². The molecule has 2 aromatic rings. The number of ether oxygens (including phenoxy) is 1. The average molecular weight is 575 g/mol. The number of hydrogen-bond acceptors (Lipinski definition) is 7. The van der Waals surface area contributed by atoms with Crippen molar-refractivity contribution in [2.24, 2.45) is 0 Å². The third-order valence-electron chi connectivity index (χ3n) is 5.28. The zero-order valence-corrected chi connectivity index (χ0v) is 23.2. The second-order valence-electron chi connectivity index (χ2n) is 8.48. The second-order valence-corrected chi connectivity index (χ2v) is 11.2. The van der Waals surface area contributed by atoms with Crippen LogP contribution in [0.5, 0.6) is 5.75 Å². The van der Waals surface area contributed by atoms with Crippen molar-refractivity contribution in [3.63, 3.8) is 0 Å². The van der Waals surface area contributed by atoms with E-state index in [4.69, 9.17) is 27.9 Å². The van der Waals surface area contributed by atoms with Crippen LogP contribution in [-0.4, -0.2) is 62.0 Å². The van der Waals surface area contributed by atoms with Crippen molar-refractivity contribution in [1.82, 2.24) is 10.2 Å². The van der Waals surface area contributed by atoms with Gasteiger partial charge in [-0.3, -0.25) is 24.0 Å². The molecule has 2 amide bonds. The first-order chi connectivity index (χ1) is 17.1. The summed E-state index contributed by atoms with van der Waals surface area (Å²) in [4.78, 5) is 38.2. The topological polar surface area (TPSA) is 139 Å². The number of amides is 2. The van der Waals surface area contributed by atoms with Crippen LogP contribution in [0.1, 0.15) is 26.3 Å². The maximum atomic E-state index is 13.6. The Balaban J connectivity index is 2.55. The summed E-state index contributed by atoms with van der Waals surface area (Å²) in [6.07, 6.45) is 0.855. The van der Waals surface area contributed by atoms with Gasteiger partial charge in [-0.1, -0.05) is 29.3 Å². The molecule has 0 saturated heterocycles. The summed E-state index contributed by atoms with van der Waals surface area (Å²) in [6.45, 7) is 4.11. The molecule has 0 radical (unpaired) electrons. The summed E-state index contributed by atoms with van der Waals surface area (Å²) in [6, 6.07) is 6.80. The van der Waals surface area contributed by atoms with Gasteiger partial charge in [0.15, 0.2) is 0 Å². The number of benzene rings is 2. The predicted octanol–water partition coefficient (Wildman–Crippen LogP) is 3.62. The molecule has 0 aliphatic heterocycles. The number of nitrogens with one attached hydrogen (secondary N) is 1. The molecule has 0 bridgehead atoms. The Morgan fingerprint density at radius 2 is 1.78 bits per heavy atom. The monoisotopic (exact) mass is 574 g/mol. The Hall–Kier alpha value is -3.09. The Morgan fingerprint density at radius 1 is 1.14 bits per heavy atom. The Kier molecular flexibility index (Phi) is 10.1. The lowest BCUT2D eigenvalue weighted by atomic mass is 10.1. The number of anilines is 1. The van der Waals surface area contributed by atoms with Gasteiger partial charge in [-0.2, -0.15) is 0 Å². The molecule has 1 N–H and O–H groups in total. The van der Waals surface area contributed by atoms with Crippen LogP contribution in [0.3, 0.4) is 0 Å². The lowest BCUT2D eigenvalue weighted by Gasteiger charge is -2.32. The SMILES string of the molecule is COc1ccc([N+](=O)[O-])cc1N(CC(=O)N(Cc1ccc(Cl)cc1Cl)[C@@H](C)C(=O)NC(C)C)S(C)(=O)=O. The van der Waals surface area contributed by atoms with E-state index in [0.717, 1.165) is 18.4 Å². The summed E-state index contributed by atoms with van der Waals surface area (Å²) < 4.78 is 31.4. The minimum absolute atomic E-state index is 0.00159. The molecule has 0 aromatic heterocycles. The molecule has 37 heavy (non-hydrogen) atoms. The minimum Gasteiger partial charge on any atom is -0.495 e. The van der Waals surface area contributed by atoms with Crippen molar-refractivity contribution in [3.05, 3.63) is 62.1 Å². The van der Waals surface area contributed by atoms with E-state index in [9.17, 15) is 28.1 Å². The molecule has 1 atom stereocenters. The van der Waals surface area contributed by atoms with Gasteiger partial charge < -0.3 is 15.0 Å². The van der Waals surface area contributed by atoms with Crippen molar-refractivity contribution in [2.75, 3.05) is 24.2 Å². The van der Waals surface area contributed by atoms with Crippen molar-refractivity contribution in [3.8, 4) is 5.75 Å². The summed E-state index contributed by atoms with van der Waals surface area (Å²) in [5.74, 6) is -1.22. The van der Waals surface area contributed by atoms with Gasteiger partial charge in [0.05, 0.1) is 18.3 Å². The fourth-order valence-electron chi connectivity index (χ4n) is 3.40. The molecule has 11 nitrogen and oxygen atoms in total. The third kappa shape index (κ3) is 7.94. The van der Waals surface area contributed by atoms with Gasteiger partial charge in [0.2, 0.25) is 21.8 Å². The number of non-ortho nitro benzene ring substituents is 1. The van der Waals surface area contributed by atoms with Gasteiger partial charge in [-0.25, -0.2) is 8.42 Å². The quantitative estimate of drug-likeness (QED) is 0.319. The van der Waals surface area contributed by atoms with Crippen molar-refractivity contribution >= 4 is 56.4 Å². The number of nitrogens with zero attached hydrogens (tertiary/aromatic N) is 3. The number of methoxy groups -OCH3 is 1. The van der Waals surface area contributed by atoms with Gasteiger partial charge in [-0.05, 0) is 44.5 Å². The number of halogens is 2. The van der Waals surface area contributed by atoms with Gasteiger partial charge >= 0.3 is 0 Å². The number of hydrogen-bond donors (Lipinski definition) is 1. The molecule has 14 heteroatoms. The fourth-order valence-corrected chi connectivity index (χ4v) is 4.72. The molecule has 0 fully saturated rings. The highest BCUT2D eigenvalue weighted by atomic mass is 35.5. The molecular formula is C23H28Cl2N4O7S. The summed E-state index contributed by atoms with van der Waals surface area (Å²) in [7, 11) is -2.87. The van der Waals surface area contributed by atoms with Crippen LogP contribution < -0.4 is 14.4 Å². The molecule has 0 unspecified atom stereocenters. The zero-order valence-electron chi connectivity index (χ0n) is 20.9. The van der Waals surface area contributed by atoms with Crippen LogP contribution in [0, 0.1) is 10.1 Å². The predicted molar refractivity (Wildman–Crippen MR) is 142 cm³/mol. The number of nitro groups is 1. The summed E-state index contributed by atoms with van der Waals surface area (Å²) >= 11 is 12.3. The standard InChI is InChI=1S/C23H28Cl2N4O7S/c1-14(2)26-23(31)15(3)27(12-16-6-7-17(24)10-19(16)25)22(30)13-28(37(5,34)35)20-11-18(29(32)33)8-9-21(20)36-4/h6-11,14-15H,12-13H2,1-5H3,(H,26,31)/t15-/m0/s1. The van der Waals surface area contributed by atoms with E-state index in [1.807, 2.05) is 0 Å². The highest BCUT2D eigenvalue weighted by Crippen LogP contribution is 2.34.